The van der Waals surface area contributed by atoms with Gasteiger partial charge >= 0.3 is 6.85 Å². The summed E-state index contributed by atoms with van der Waals surface area (Å²) in [6.07, 6.45) is 0. The van der Waals surface area contributed by atoms with E-state index in [0.717, 1.165) is 72.1 Å². The average molecular weight is 817 g/mol. The van der Waals surface area contributed by atoms with E-state index in [-0.39, 0.29) is 17.7 Å². The van der Waals surface area contributed by atoms with Crippen LogP contribution in [-0.2, 0) is 10.8 Å². The van der Waals surface area contributed by atoms with Gasteiger partial charge in [-0.1, -0.05) is 114 Å². The zero-order chi connectivity index (χ0) is 42.3. The number of aromatic nitrogens is 1. The molecule has 8 aromatic carbocycles. The SMILES string of the molecule is CC(C)(C)c1ccc2c(c1)c1cc(C(C)(C)C)cc3c1n2-c1cc2c(oc4ccccc42)c2c1B3N(c1cccc3c1oc1ccccc13)c1cc3c(cc1-2)Oc1ccccc1O3. The van der Waals surface area contributed by atoms with Gasteiger partial charge in [0.1, 0.15) is 16.7 Å². The molecule has 0 unspecified atom stereocenters. The molecule has 302 valence electrons. The minimum Gasteiger partial charge on any atom is -0.455 e. The fraction of sp³-hybridized carbons (Fsp3) is 0.143. The Morgan fingerprint density at radius 3 is 1.83 bits per heavy atom. The number of ether oxygens (including phenoxy) is 2. The van der Waals surface area contributed by atoms with E-state index in [1.54, 1.807) is 0 Å². The number of hydrogen-bond acceptors (Lipinski definition) is 5. The first-order valence-electron chi connectivity index (χ1n) is 21.9. The summed E-state index contributed by atoms with van der Waals surface area (Å²) in [6, 6.07) is 50.0. The Balaban J connectivity index is 1.20. The van der Waals surface area contributed by atoms with Crippen LogP contribution in [0.15, 0.2) is 148 Å². The van der Waals surface area contributed by atoms with Crippen molar-refractivity contribution in [1.29, 1.82) is 0 Å². The number of fused-ring (bicyclic) bond motifs is 16. The van der Waals surface area contributed by atoms with E-state index in [1.165, 1.54) is 43.9 Å². The van der Waals surface area contributed by atoms with Gasteiger partial charge in [-0.05, 0) is 93.5 Å². The molecule has 14 rings (SSSR count). The molecule has 0 amide bonds. The van der Waals surface area contributed by atoms with E-state index < -0.39 is 0 Å². The van der Waals surface area contributed by atoms with Gasteiger partial charge < -0.3 is 27.7 Å². The molecule has 3 aliphatic rings. The summed E-state index contributed by atoms with van der Waals surface area (Å²) in [5.74, 6) is 2.68. The minimum atomic E-state index is -0.294. The van der Waals surface area contributed by atoms with Crippen molar-refractivity contribution in [3.8, 4) is 39.8 Å². The lowest BCUT2D eigenvalue weighted by Crippen LogP contribution is -2.60. The van der Waals surface area contributed by atoms with Crippen molar-refractivity contribution in [3.05, 3.63) is 151 Å². The predicted octanol–water partition coefficient (Wildman–Crippen LogP) is 14.3. The van der Waals surface area contributed by atoms with E-state index in [1.807, 2.05) is 30.3 Å². The van der Waals surface area contributed by atoms with E-state index in [2.05, 4.69) is 160 Å². The fourth-order valence-corrected chi connectivity index (χ4v) is 10.8. The summed E-state index contributed by atoms with van der Waals surface area (Å²) >= 11 is 0. The topological polar surface area (TPSA) is 52.9 Å². The third kappa shape index (κ3) is 4.64. The molecule has 0 N–H and O–H groups in total. The molecule has 0 fully saturated rings. The molecule has 0 saturated heterocycles. The van der Waals surface area contributed by atoms with Crippen molar-refractivity contribution in [2.75, 3.05) is 4.81 Å². The summed E-state index contributed by atoms with van der Waals surface area (Å²) in [5.41, 5.74) is 15.8. The average Bonchev–Trinajstić information content (AvgIpc) is 3.95. The number of para-hydroxylation sites is 5. The Morgan fingerprint density at radius 2 is 1.10 bits per heavy atom. The quantitative estimate of drug-likeness (QED) is 0.155. The fourth-order valence-electron chi connectivity index (χ4n) is 10.8. The smallest absolute Gasteiger partial charge is 0.333 e. The van der Waals surface area contributed by atoms with Crippen molar-refractivity contribution in [2.45, 2.75) is 52.4 Å². The van der Waals surface area contributed by atoms with Crippen molar-refractivity contribution < 1.29 is 18.3 Å². The van der Waals surface area contributed by atoms with Gasteiger partial charge in [0.05, 0.1) is 16.7 Å². The molecule has 6 heterocycles. The Bertz CT molecular complexity index is 3850. The molecule has 0 atom stereocenters. The molecule has 7 heteroatoms. The molecule has 63 heavy (non-hydrogen) atoms. The van der Waals surface area contributed by atoms with Crippen LogP contribution in [-0.4, -0.2) is 11.4 Å². The van der Waals surface area contributed by atoms with Crippen LogP contribution in [0.3, 0.4) is 0 Å². The van der Waals surface area contributed by atoms with Crippen LogP contribution in [0, 0.1) is 0 Å². The number of benzene rings is 8. The van der Waals surface area contributed by atoms with Crippen molar-refractivity contribution in [1.82, 2.24) is 4.57 Å². The first-order valence-corrected chi connectivity index (χ1v) is 21.9. The molecule has 11 aromatic rings. The largest absolute Gasteiger partial charge is 0.455 e. The number of hydrogen-bond donors (Lipinski definition) is 0. The molecular formula is C56H41BN2O4. The normalized spacial score (nSPS) is 14.1. The van der Waals surface area contributed by atoms with Crippen molar-refractivity contribution in [3.63, 3.8) is 0 Å². The molecule has 3 aromatic heterocycles. The molecule has 3 aliphatic heterocycles. The summed E-state index contributed by atoms with van der Waals surface area (Å²) in [5, 5.41) is 6.84. The second-order valence-electron chi connectivity index (χ2n) is 19.7. The van der Waals surface area contributed by atoms with Crippen molar-refractivity contribution in [2.24, 2.45) is 0 Å². The van der Waals surface area contributed by atoms with Crippen LogP contribution < -0.4 is 25.2 Å². The van der Waals surface area contributed by atoms with Gasteiger partial charge in [0, 0.05) is 60.9 Å². The van der Waals surface area contributed by atoms with Crippen LogP contribution in [0.5, 0.6) is 23.0 Å². The second-order valence-corrected chi connectivity index (χ2v) is 19.7. The summed E-state index contributed by atoms with van der Waals surface area (Å²) in [7, 11) is 0. The maximum absolute atomic E-state index is 7.07. The Morgan fingerprint density at radius 1 is 0.460 bits per heavy atom. The van der Waals surface area contributed by atoms with Gasteiger partial charge in [-0.25, -0.2) is 0 Å². The van der Waals surface area contributed by atoms with Crippen LogP contribution in [0.1, 0.15) is 52.7 Å². The predicted molar refractivity (Wildman–Crippen MR) is 258 cm³/mol. The lowest BCUT2D eigenvalue weighted by molar-refractivity contribution is 0.360. The Labute approximate surface area is 363 Å². The zero-order valence-electron chi connectivity index (χ0n) is 35.9. The van der Waals surface area contributed by atoms with Gasteiger partial charge in [-0.2, -0.15) is 0 Å². The van der Waals surface area contributed by atoms with Gasteiger partial charge in [0.15, 0.2) is 28.6 Å². The van der Waals surface area contributed by atoms with Crippen LogP contribution in [0.2, 0.25) is 0 Å². The number of nitrogens with zero attached hydrogens (tertiary/aromatic N) is 2. The first kappa shape index (κ1) is 35.2. The number of furan rings is 2. The van der Waals surface area contributed by atoms with Crippen molar-refractivity contribution >= 4 is 94.8 Å². The minimum absolute atomic E-state index is 0.0295. The van der Waals surface area contributed by atoms with Gasteiger partial charge in [0.2, 0.25) is 0 Å². The highest BCUT2D eigenvalue weighted by Crippen LogP contribution is 2.55. The van der Waals surface area contributed by atoms with E-state index in [4.69, 9.17) is 18.3 Å². The van der Waals surface area contributed by atoms with E-state index in [0.29, 0.717) is 23.0 Å². The summed E-state index contributed by atoms with van der Waals surface area (Å²) in [6.45, 7) is 13.6. The monoisotopic (exact) mass is 816 g/mol. The Hall–Kier alpha value is -7.38. The summed E-state index contributed by atoms with van der Waals surface area (Å²) < 4.78 is 30.0. The highest BCUT2D eigenvalue weighted by atomic mass is 16.6. The molecule has 6 nitrogen and oxygen atoms in total. The van der Waals surface area contributed by atoms with E-state index >= 15 is 0 Å². The lowest BCUT2D eigenvalue weighted by atomic mass is 9.43. The second kappa shape index (κ2) is 11.7. The molecule has 0 aliphatic carbocycles. The number of anilines is 2. The highest BCUT2D eigenvalue weighted by Gasteiger charge is 2.47. The summed E-state index contributed by atoms with van der Waals surface area (Å²) in [4.78, 5) is 2.52. The first-order chi connectivity index (χ1) is 30.5. The molecule has 0 spiro atoms. The lowest BCUT2D eigenvalue weighted by Gasteiger charge is -2.42. The maximum Gasteiger partial charge on any atom is 0.333 e. The molecular weight excluding hydrogens is 775 g/mol. The van der Waals surface area contributed by atoms with Crippen LogP contribution in [0.25, 0.3) is 82.5 Å². The zero-order valence-corrected chi connectivity index (χ0v) is 35.9. The highest BCUT2D eigenvalue weighted by molar-refractivity contribution is 6.94. The third-order valence-corrected chi connectivity index (χ3v) is 13.9. The molecule has 0 saturated carbocycles. The number of rotatable bonds is 1. The van der Waals surface area contributed by atoms with Crippen LogP contribution in [0.4, 0.5) is 11.4 Å². The van der Waals surface area contributed by atoms with Gasteiger partial charge in [0.25, 0.3) is 0 Å². The van der Waals surface area contributed by atoms with Crippen LogP contribution >= 0.6 is 0 Å². The Kier molecular flexibility index (Phi) is 6.57. The third-order valence-electron chi connectivity index (χ3n) is 13.9. The molecule has 0 bridgehead atoms. The maximum atomic E-state index is 7.07. The van der Waals surface area contributed by atoms with E-state index in [9.17, 15) is 0 Å². The van der Waals surface area contributed by atoms with Gasteiger partial charge in [-0.15, -0.1) is 0 Å². The van der Waals surface area contributed by atoms with Gasteiger partial charge in [-0.3, -0.25) is 0 Å². The standard InChI is InChI=1S/C56H41BN2O4/c1-55(2,3)30-22-23-40-35(24-30)36-25-31(56(4,5)6)26-39-52(36)58(40)43-27-37-33-15-8-10-19-45(33)63-54(37)50-38-28-48-49(61-47-21-12-11-20-46(47)60-48)29-42(38)59(57(39)51(43)50)41-17-13-16-34-32-14-7-9-18-44(32)62-53(34)41/h7-29H,1-6H3. The molecule has 0 radical (unpaired) electrons.